The van der Waals surface area contributed by atoms with Gasteiger partial charge in [0.25, 0.3) is 0 Å². The molecule has 0 aliphatic heterocycles. The number of ether oxygens (including phenoxy) is 1. The molecule has 21 heavy (non-hydrogen) atoms. The highest BCUT2D eigenvalue weighted by Crippen LogP contribution is 2.38. The maximum absolute atomic E-state index is 12.9. The van der Waals surface area contributed by atoms with Gasteiger partial charge in [0.2, 0.25) is 0 Å². The van der Waals surface area contributed by atoms with E-state index in [0.717, 1.165) is 12.1 Å². The molecule has 0 heterocycles. The van der Waals surface area contributed by atoms with Crippen LogP contribution in [0.3, 0.4) is 0 Å². The molecule has 5 heteroatoms. The molecule has 1 aromatic carbocycles. The molecule has 0 bridgehead atoms. The highest BCUT2D eigenvalue weighted by molar-refractivity contribution is 5.86. The predicted octanol–water partition coefficient (Wildman–Crippen LogP) is 4.82. The van der Waals surface area contributed by atoms with Crippen LogP contribution >= 0.6 is 0 Å². The van der Waals surface area contributed by atoms with Gasteiger partial charge in [0.05, 0.1) is 12.2 Å². The Labute approximate surface area is 123 Å². The van der Waals surface area contributed by atoms with Crippen molar-refractivity contribution in [3.8, 4) is 5.75 Å². The lowest BCUT2D eigenvalue weighted by molar-refractivity contribution is -0.137. The number of rotatable bonds is 6. The highest BCUT2D eigenvalue weighted by Gasteiger charge is 2.33. The van der Waals surface area contributed by atoms with Crippen molar-refractivity contribution < 1.29 is 22.7 Å². The molecule has 1 unspecified atom stereocenters. The summed E-state index contributed by atoms with van der Waals surface area (Å²) in [6.07, 6.45) is -4.15. The fourth-order valence-electron chi connectivity index (χ4n) is 2.38. The normalized spacial score (nSPS) is 13.3. The number of ketones is 1. The van der Waals surface area contributed by atoms with E-state index in [-0.39, 0.29) is 18.1 Å². The summed E-state index contributed by atoms with van der Waals surface area (Å²) >= 11 is 0. The summed E-state index contributed by atoms with van der Waals surface area (Å²) in [5.41, 5.74) is -0.427. The number of halogens is 3. The molecule has 0 saturated heterocycles. The van der Waals surface area contributed by atoms with Gasteiger partial charge in [-0.05, 0) is 31.0 Å². The molecule has 0 N–H and O–H groups in total. The summed E-state index contributed by atoms with van der Waals surface area (Å²) in [5, 5.41) is 0. The summed E-state index contributed by atoms with van der Waals surface area (Å²) in [4.78, 5) is 12.1. The van der Waals surface area contributed by atoms with Gasteiger partial charge < -0.3 is 4.74 Å². The van der Waals surface area contributed by atoms with E-state index < -0.39 is 17.7 Å². The average Bonchev–Trinajstić information content (AvgIpc) is 2.39. The molecule has 0 fully saturated rings. The van der Waals surface area contributed by atoms with Crippen molar-refractivity contribution in [2.24, 2.45) is 5.92 Å². The monoisotopic (exact) mass is 302 g/mol. The molecular weight excluding hydrogens is 281 g/mol. The first-order valence-electron chi connectivity index (χ1n) is 7.09. The van der Waals surface area contributed by atoms with Crippen LogP contribution in [0.4, 0.5) is 13.2 Å². The number of benzene rings is 1. The highest BCUT2D eigenvalue weighted by atomic mass is 19.4. The first kappa shape index (κ1) is 17.5. The smallest absolute Gasteiger partial charge is 0.416 e. The van der Waals surface area contributed by atoms with Gasteiger partial charge in [-0.3, -0.25) is 4.79 Å². The second-order valence-electron chi connectivity index (χ2n) is 5.22. The van der Waals surface area contributed by atoms with Crippen LogP contribution in [0.25, 0.3) is 0 Å². The lowest BCUT2D eigenvalue weighted by atomic mass is 9.83. The maximum Gasteiger partial charge on any atom is 0.416 e. The van der Waals surface area contributed by atoms with Crippen LogP contribution in [0.2, 0.25) is 0 Å². The number of hydrogen-bond donors (Lipinski definition) is 0. The van der Waals surface area contributed by atoms with Crippen LogP contribution in [-0.4, -0.2) is 12.4 Å². The Morgan fingerprint density at radius 3 is 2.29 bits per heavy atom. The number of carbonyl (C=O) groups is 1. The molecule has 1 aromatic rings. The molecule has 0 aliphatic rings. The van der Waals surface area contributed by atoms with Crippen LogP contribution in [0, 0.1) is 5.92 Å². The Bertz CT molecular complexity index is 493. The van der Waals surface area contributed by atoms with Crippen LogP contribution in [-0.2, 0) is 11.0 Å². The van der Waals surface area contributed by atoms with Gasteiger partial charge in [-0.15, -0.1) is 0 Å². The third-order valence-corrected chi connectivity index (χ3v) is 3.33. The van der Waals surface area contributed by atoms with Gasteiger partial charge in [-0.1, -0.05) is 20.8 Å². The first-order valence-corrected chi connectivity index (χ1v) is 7.09. The third-order valence-electron chi connectivity index (χ3n) is 3.33. The van der Waals surface area contributed by atoms with Crippen LogP contribution < -0.4 is 4.74 Å². The molecule has 0 radical (unpaired) electrons. The topological polar surface area (TPSA) is 26.3 Å². The Hall–Kier alpha value is -1.52. The zero-order chi connectivity index (χ0) is 16.2. The lowest BCUT2D eigenvalue weighted by Gasteiger charge is -2.23. The van der Waals surface area contributed by atoms with E-state index in [4.69, 9.17) is 4.74 Å². The summed E-state index contributed by atoms with van der Waals surface area (Å²) in [6, 6.07) is 3.34. The fraction of sp³-hybridized carbons (Fsp3) is 0.562. The van der Waals surface area contributed by atoms with E-state index in [1.807, 2.05) is 13.8 Å². The van der Waals surface area contributed by atoms with Crippen molar-refractivity contribution in [1.82, 2.24) is 0 Å². The number of carbonyl (C=O) groups excluding carboxylic acids is 1. The molecular formula is C16H21F3O2. The van der Waals surface area contributed by atoms with E-state index in [2.05, 4.69) is 0 Å². The van der Waals surface area contributed by atoms with Gasteiger partial charge in [-0.25, -0.2) is 0 Å². The zero-order valence-electron chi connectivity index (χ0n) is 12.8. The van der Waals surface area contributed by atoms with Crippen molar-refractivity contribution in [2.75, 3.05) is 6.61 Å². The summed E-state index contributed by atoms with van der Waals surface area (Å²) < 4.78 is 44.1. The maximum atomic E-state index is 12.9. The third kappa shape index (κ3) is 4.22. The Morgan fingerprint density at radius 2 is 1.86 bits per heavy atom. The van der Waals surface area contributed by atoms with Gasteiger partial charge in [0.1, 0.15) is 11.5 Å². The molecule has 0 amide bonds. The number of Topliss-reactive ketones (excluding diaryl/α,β-unsaturated/α-hetero) is 1. The molecule has 0 saturated carbocycles. The number of alkyl halides is 3. The Balaban J connectivity index is 3.42. The van der Waals surface area contributed by atoms with E-state index in [9.17, 15) is 18.0 Å². The molecule has 1 atom stereocenters. The largest absolute Gasteiger partial charge is 0.494 e. The second-order valence-corrected chi connectivity index (χ2v) is 5.22. The molecule has 0 aromatic heterocycles. The van der Waals surface area contributed by atoms with Crippen LogP contribution in [0.1, 0.15) is 51.2 Å². The minimum Gasteiger partial charge on any atom is -0.494 e. The van der Waals surface area contributed by atoms with Gasteiger partial charge >= 0.3 is 6.18 Å². The fourth-order valence-corrected chi connectivity index (χ4v) is 2.38. The molecule has 2 nitrogen and oxygen atoms in total. The minimum atomic E-state index is -4.43. The van der Waals surface area contributed by atoms with Crippen molar-refractivity contribution in [2.45, 2.75) is 46.2 Å². The molecule has 1 rings (SSSR count). The van der Waals surface area contributed by atoms with Crippen molar-refractivity contribution in [3.63, 3.8) is 0 Å². The predicted molar refractivity (Wildman–Crippen MR) is 75.5 cm³/mol. The van der Waals surface area contributed by atoms with E-state index >= 15 is 0 Å². The van der Waals surface area contributed by atoms with Crippen molar-refractivity contribution in [3.05, 3.63) is 29.3 Å². The van der Waals surface area contributed by atoms with E-state index in [0.29, 0.717) is 17.9 Å². The van der Waals surface area contributed by atoms with E-state index in [1.54, 1.807) is 13.8 Å². The summed E-state index contributed by atoms with van der Waals surface area (Å²) in [6.45, 7) is 7.46. The lowest BCUT2D eigenvalue weighted by Crippen LogP contribution is -2.19. The van der Waals surface area contributed by atoms with Gasteiger partial charge in [0, 0.05) is 17.9 Å². The summed E-state index contributed by atoms with van der Waals surface area (Å²) in [7, 11) is 0. The van der Waals surface area contributed by atoms with Crippen LogP contribution in [0.5, 0.6) is 5.75 Å². The average molecular weight is 302 g/mol. The Morgan fingerprint density at radius 1 is 1.24 bits per heavy atom. The molecule has 118 valence electrons. The Kier molecular flexibility index (Phi) is 5.81. The van der Waals surface area contributed by atoms with Crippen LogP contribution in [0.15, 0.2) is 18.2 Å². The minimum absolute atomic E-state index is 0.0784. The zero-order valence-corrected chi connectivity index (χ0v) is 12.8. The molecule has 0 spiro atoms. The van der Waals surface area contributed by atoms with Crippen molar-refractivity contribution >= 4 is 5.78 Å². The SMILES string of the molecule is CCOc1ccc(C(F)(F)F)cc1C(C(=O)CC)C(C)C. The first-order chi connectivity index (χ1) is 9.72. The van der Waals surface area contributed by atoms with E-state index in [1.165, 1.54) is 6.07 Å². The van der Waals surface area contributed by atoms with Gasteiger partial charge in [-0.2, -0.15) is 13.2 Å². The number of hydrogen-bond acceptors (Lipinski definition) is 2. The quantitative estimate of drug-likeness (QED) is 0.753. The second kappa shape index (κ2) is 6.96. The summed E-state index contributed by atoms with van der Waals surface area (Å²) in [5.74, 6) is -0.407. The molecule has 0 aliphatic carbocycles. The van der Waals surface area contributed by atoms with Gasteiger partial charge in [0.15, 0.2) is 0 Å². The van der Waals surface area contributed by atoms with Crippen molar-refractivity contribution in [1.29, 1.82) is 0 Å². The standard InChI is InChI=1S/C16H21F3O2/c1-5-13(20)15(10(3)4)12-9-11(16(17,18)19)7-8-14(12)21-6-2/h7-10,15H,5-6H2,1-4H3.